The van der Waals surface area contributed by atoms with E-state index in [1.807, 2.05) is 0 Å². The highest BCUT2D eigenvalue weighted by atomic mass is 32.2. The summed E-state index contributed by atoms with van der Waals surface area (Å²) in [6.07, 6.45) is 11.2. The van der Waals surface area contributed by atoms with Gasteiger partial charge in [0.15, 0.2) is 0 Å². The molecule has 0 radical (unpaired) electrons. The molecule has 19 heavy (non-hydrogen) atoms. The maximum atomic E-state index is 5.47. The van der Waals surface area contributed by atoms with E-state index in [0.717, 1.165) is 37.0 Å². The van der Waals surface area contributed by atoms with Gasteiger partial charge < -0.3 is 10.1 Å². The predicted molar refractivity (Wildman–Crippen MR) is 85.0 cm³/mol. The van der Waals surface area contributed by atoms with Crippen LogP contribution in [0.3, 0.4) is 0 Å². The van der Waals surface area contributed by atoms with Crippen LogP contribution in [0.4, 0.5) is 0 Å². The Morgan fingerprint density at radius 1 is 1.11 bits per heavy atom. The summed E-state index contributed by atoms with van der Waals surface area (Å²) in [5.41, 5.74) is 0. The number of hydrogen-bond acceptors (Lipinski definition) is 3. The second-order valence-electron chi connectivity index (χ2n) is 6.14. The maximum Gasteiger partial charge on any atom is 0.0468 e. The Balaban J connectivity index is 1.68. The van der Waals surface area contributed by atoms with Crippen molar-refractivity contribution in [2.24, 2.45) is 5.92 Å². The quantitative estimate of drug-likeness (QED) is 0.768. The topological polar surface area (TPSA) is 21.3 Å². The monoisotopic (exact) mass is 285 g/mol. The van der Waals surface area contributed by atoms with Gasteiger partial charge in [-0.2, -0.15) is 11.8 Å². The van der Waals surface area contributed by atoms with Crippen LogP contribution in [0.1, 0.15) is 58.3 Å². The van der Waals surface area contributed by atoms with Crippen molar-refractivity contribution in [1.29, 1.82) is 0 Å². The first-order valence-corrected chi connectivity index (χ1v) is 9.36. The van der Waals surface area contributed by atoms with E-state index in [1.54, 1.807) is 0 Å². The van der Waals surface area contributed by atoms with Crippen molar-refractivity contribution in [3.63, 3.8) is 0 Å². The van der Waals surface area contributed by atoms with Crippen LogP contribution >= 0.6 is 11.8 Å². The lowest BCUT2D eigenvalue weighted by atomic mass is 9.93. The third-order valence-corrected chi connectivity index (χ3v) is 6.07. The van der Waals surface area contributed by atoms with Gasteiger partial charge in [-0.1, -0.05) is 26.2 Å². The van der Waals surface area contributed by atoms with E-state index in [-0.39, 0.29) is 0 Å². The van der Waals surface area contributed by atoms with Crippen LogP contribution in [0.25, 0.3) is 0 Å². The molecule has 1 saturated carbocycles. The van der Waals surface area contributed by atoms with Gasteiger partial charge in [-0.05, 0) is 44.6 Å². The Morgan fingerprint density at radius 2 is 1.84 bits per heavy atom. The average Bonchev–Trinajstić information content (AvgIpc) is 2.47. The van der Waals surface area contributed by atoms with Crippen LogP contribution in [-0.2, 0) is 4.74 Å². The number of ether oxygens (including phenoxy) is 1. The lowest BCUT2D eigenvalue weighted by Gasteiger charge is -2.29. The van der Waals surface area contributed by atoms with E-state index < -0.39 is 0 Å². The molecule has 2 aliphatic rings. The molecule has 1 saturated heterocycles. The zero-order valence-corrected chi connectivity index (χ0v) is 13.4. The molecule has 1 unspecified atom stereocenters. The Morgan fingerprint density at radius 3 is 2.53 bits per heavy atom. The molecule has 0 aromatic carbocycles. The van der Waals surface area contributed by atoms with E-state index in [4.69, 9.17) is 4.74 Å². The third-order valence-electron chi connectivity index (χ3n) is 4.54. The fourth-order valence-electron chi connectivity index (χ4n) is 3.37. The summed E-state index contributed by atoms with van der Waals surface area (Å²) in [7, 11) is 0. The molecule has 1 atom stereocenters. The van der Waals surface area contributed by atoms with Crippen molar-refractivity contribution in [2.45, 2.75) is 69.6 Å². The first-order valence-electron chi connectivity index (χ1n) is 8.31. The van der Waals surface area contributed by atoms with Crippen LogP contribution in [0, 0.1) is 5.92 Å². The van der Waals surface area contributed by atoms with Crippen LogP contribution in [0.5, 0.6) is 0 Å². The van der Waals surface area contributed by atoms with E-state index >= 15 is 0 Å². The van der Waals surface area contributed by atoms with Crippen LogP contribution < -0.4 is 5.32 Å². The lowest BCUT2D eigenvalue weighted by Crippen LogP contribution is -2.35. The molecule has 1 N–H and O–H groups in total. The summed E-state index contributed by atoms with van der Waals surface area (Å²) in [6.45, 7) is 5.32. The minimum Gasteiger partial charge on any atom is -0.381 e. The van der Waals surface area contributed by atoms with E-state index in [9.17, 15) is 0 Å². The smallest absolute Gasteiger partial charge is 0.0468 e. The highest BCUT2D eigenvalue weighted by Gasteiger charge is 2.21. The van der Waals surface area contributed by atoms with Gasteiger partial charge in [-0.15, -0.1) is 0 Å². The van der Waals surface area contributed by atoms with Crippen molar-refractivity contribution >= 4 is 11.8 Å². The van der Waals surface area contributed by atoms with E-state index in [2.05, 4.69) is 24.0 Å². The van der Waals surface area contributed by atoms with Crippen molar-refractivity contribution in [3.05, 3.63) is 0 Å². The highest BCUT2D eigenvalue weighted by Crippen LogP contribution is 2.30. The Labute approximate surface area is 123 Å². The standard InChI is InChI=1S/C16H31NOS/c1-2-17-15(12-14-8-10-18-11-9-14)13-19-16-6-4-3-5-7-16/h14-17H,2-13H2,1H3. The molecular weight excluding hydrogens is 254 g/mol. The normalized spacial score (nSPS) is 24.5. The molecule has 0 aromatic rings. The predicted octanol–water partition coefficient (Wildman–Crippen LogP) is 3.85. The van der Waals surface area contributed by atoms with E-state index in [0.29, 0.717) is 0 Å². The minimum absolute atomic E-state index is 0.722. The number of hydrogen-bond donors (Lipinski definition) is 1. The number of thioether (sulfide) groups is 1. The van der Waals surface area contributed by atoms with Crippen LogP contribution in [0.15, 0.2) is 0 Å². The molecule has 0 amide bonds. The van der Waals surface area contributed by atoms with Gasteiger partial charge in [0.2, 0.25) is 0 Å². The van der Waals surface area contributed by atoms with Gasteiger partial charge in [0.1, 0.15) is 0 Å². The molecule has 2 fully saturated rings. The Hall–Kier alpha value is 0.270. The van der Waals surface area contributed by atoms with Crippen molar-refractivity contribution in [1.82, 2.24) is 5.32 Å². The van der Waals surface area contributed by atoms with Gasteiger partial charge in [0.05, 0.1) is 0 Å². The average molecular weight is 285 g/mol. The third kappa shape index (κ3) is 6.05. The summed E-state index contributed by atoms with van der Waals surface area (Å²) in [5.74, 6) is 2.21. The minimum atomic E-state index is 0.722. The molecule has 1 aliphatic heterocycles. The highest BCUT2D eigenvalue weighted by molar-refractivity contribution is 7.99. The second kappa shape index (κ2) is 9.25. The first kappa shape index (κ1) is 15.7. The van der Waals surface area contributed by atoms with Gasteiger partial charge >= 0.3 is 0 Å². The SMILES string of the molecule is CCNC(CSC1CCCCC1)CC1CCOCC1. The Bertz CT molecular complexity index is 225. The number of rotatable bonds is 7. The van der Waals surface area contributed by atoms with Crippen molar-refractivity contribution in [3.8, 4) is 0 Å². The summed E-state index contributed by atoms with van der Waals surface area (Å²) < 4.78 is 5.47. The lowest BCUT2D eigenvalue weighted by molar-refractivity contribution is 0.0614. The summed E-state index contributed by atoms with van der Waals surface area (Å²) >= 11 is 2.24. The molecule has 112 valence electrons. The van der Waals surface area contributed by atoms with Gasteiger partial charge in [-0.3, -0.25) is 0 Å². The summed E-state index contributed by atoms with van der Waals surface area (Å²) in [5, 5.41) is 4.66. The molecule has 0 aromatic heterocycles. The number of nitrogens with one attached hydrogen (secondary N) is 1. The summed E-state index contributed by atoms with van der Waals surface area (Å²) in [4.78, 5) is 0. The first-order chi connectivity index (χ1) is 9.38. The van der Waals surface area contributed by atoms with Crippen molar-refractivity contribution < 1.29 is 4.74 Å². The zero-order chi connectivity index (χ0) is 13.3. The fraction of sp³-hybridized carbons (Fsp3) is 1.00. The van der Waals surface area contributed by atoms with Gasteiger partial charge in [0.25, 0.3) is 0 Å². The molecule has 3 heteroatoms. The molecular formula is C16H31NOS. The summed E-state index contributed by atoms with van der Waals surface area (Å²) in [6, 6.07) is 0.722. The molecule has 2 rings (SSSR count). The molecule has 0 bridgehead atoms. The molecule has 0 spiro atoms. The van der Waals surface area contributed by atoms with Crippen LogP contribution in [-0.4, -0.2) is 36.8 Å². The second-order valence-corrected chi connectivity index (χ2v) is 7.47. The Kier molecular flexibility index (Phi) is 7.62. The van der Waals surface area contributed by atoms with Crippen LogP contribution in [0.2, 0.25) is 0 Å². The maximum absolute atomic E-state index is 5.47. The molecule has 2 nitrogen and oxygen atoms in total. The van der Waals surface area contributed by atoms with E-state index in [1.165, 1.54) is 57.1 Å². The largest absolute Gasteiger partial charge is 0.381 e. The molecule has 1 heterocycles. The van der Waals surface area contributed by atoms with Crippen molar-refractivity contribution in [2.75, 3.05) is 25.5 Å². The molecule has 1 aliphatic carbocycles. The fourth-order valence-corrected chi connectivity index (χ4v) is 4.79. The van der Waals surface area contributed by atoms with Gasteiger partial charge in [-0.25, -0.2) is 0 Å². The zero-order valence-electron chi connectivity index (χ0n) is 12.5. The van der Waals surface area contributed by atoms with Gasteiger partial charge in [0, 0.05) is 30.3 Å².